The number of aromatic nitrogens is 2. The number of para-hydroxylation sites is 2. The van der Waals surface area contributed by atoms with Gasteiger partial charge in [-0.05, 0) is 61.4 Å². The number of carboxylic acids is 1. The number of amides is 1. The number of non-ortho nitro benzene ring substituents is 1. The summed E-state index contributed by atoms with van der Waals surface area (Å²) in [7, 11) is 0. The number of carbonyl (C=O) groups excluding carboxylic acids is 1. The Bertz CT molecular complexity index is 2260. The Kier molecular flexibility index (Phi) is 11.5. The number of benzene rings is 4. The maximum Gasteiger partial charge on any atom is 0.341 e. The first kappa shape index (κ1) is 35.7. The molecule has 0 saturated carbocycles. The van der Waals surface area contributed by atoms with E-state index in [2.05, 4.69) is 15.3 Å². The highest BCUT2D eigenvalue weighted by Gasteiger charge is 2.14. The van der Waals surface area contributed by atoms with Gasteiger partial charge in [0.15, 0.2) is 0 Å². The van der Waals surface area contributed by atoms with Crippen molar-refractivity contribution in [2.45, 2.75) is 21.3 Å². The number of fused-ring (bicyclic) bond motifs is 2. The molecular weight excluding hydrogens is 616 g/mol. The van der Waals surface area contributed by atoms with Crippen LogP contribution in [-0.4, -0.2) is 31.9 Å². The molecule has 0 aliphatic heterocycles. The zero-order valence-corrected chi connectivity index (χ0v) is 25.2. The molecule has 0 saturated heterocycles. The van der Waals surface area contributed by atoms with Crippen LogP contribution in [0.25, 0.3) is 21.8 Å². The lowest BCUT2D eigenvalue weighted by atomic mass is 10.1. The maximum absolute atomic E-state index is 12.4. The summed E-state index contributed by atoms with van der Waals surface area (Å²) in [5.41, 5.74) is 15.0. The van der Waals surface area contributed by atoms with Gasteiger partial charge < -0.3 is 31.9 Å². The lowest BCUT2D eigenvalue weighted by molar-refractivity contribution is -0.384. The number of H-pyrrole nitrogens is 2. The van der Waals surface area contributed by atoms with E-state index in [1.807, 2.05) is 19.1 Å². The van der Waals surface area contributed by atoms with E-state index >= 15 is 0 Å². The quantitative estimate of drug-likeness (QED) is 0.0743. The number of nitrogens with zero attached hydrogens (tertiary/aromatic N) is 1. The normalized spacial score (nSPS) is 10.0. The largest absolute Gasteiger partial charge is 0.477 e. The Labute approximate surface area is 274 Å². The van der Waals surface area contributed by atoms with Gasteiger partial charge in [0.05, 0.1) is 4.92 Å². The number of aryl methyl sites for hydroxylation is 2. The molecule has 4 aromatic carbocycles. The molecule has 0 atom stereocenters. The number of nitrogens with one attached hydrogen (secondary N) is 3. The van der Waals surface area contributed by atoms with Gasteiger partial charge >= 0.3 is 5.97 Å². The van der Waals surface area contributed by atoms with Gasteiger partial charge in [0.2, 0.25) is 10.9 Å². The number of carboxylic acid groups (broad SMARTS) is 1. The first-order valence-electron chi connectivity index (χ1n) is 14.0. The van der Waals surface area contributed by atoms with Crippen molar-refractivity contribution in [2.75, 3.05) is 16.8 Å². The second-order valence-electron chi connectivity index (χ2n) is 10.3. The number of hydrogen-bond acceptors (Lipinski definition) is 8. The zero-order valence-electron chi connectivity index (χ0n) is 25.2. The minimum Gasteiger partial charge on any atom is -0.477 e. The highest BCUT2D eigenvalue weighted by molar-refractivity contribution is 6.06. The topological polar surface area (TPSA) is 227 Å². The first-order chi connectivity index (χ1) is 22.4. The van der Waals surface area contributed by atoms with Crippen molar-refractivity contribution in [2.24, 2.45) is 0 Å². The molecule has 1 amide bonds. The summed E-state index contributed by atoms with van der Waals surface area (Å²) in [6, 6.07) is 23.5. The molecule has 6 aromatic rings. The third-order valence-electron chi connectivity index (χ3n) is 7.04. The van der Waals surface area contributed by atoms with Crippen LogP contribution in [0.3, 0.4) is 0 Å². The van der Waals surface area contributed by atoms with Crippen LogP contribution in [0.5, 0.6) is 0 Å². The number of rotatable bonds is 4. The third-order valence-corrected chi connectivity index (χ3v) is 7.04. The van der Waals surface area contributed by atoms with Gasteiger partial charge in [-0.1, -0.05) is 43.8 Å². The van der Waals surface area contributed by atoms with Crippen LogP contribution < -0.4 is 27.6 Å². The summed E-state index contributed by atoms with van der Waals surface area (Å²) in [4.78, 5) is 62.5. The van der Waals surface area contributed by atoms with Crippen molar-refractivity contribution in [3.8, 4) is 0 Å². The van der Waals surface area contributed by atoms with Crippen LogP contribution in [0, 0.1) is 24.0 Å². The molecule has 6 rings (SSSR count). The van der Waals surface area contributed by atoms with Gasteiger partial charge in [-0.2, -0.15) is 0 Å². The number of aromatic carboxylic acids is 1. The molecule has 0 bridgehead atoms. The highest BCUT2D eigenvalue weighted by Crippen LogP contribution is 2.19. The summed E-state index contributed by atoms with van der Waals surface area (Å²) < 4.78 is 0. The number of carbonyl (C=O) groups is 2. The van der Waals surface area contributed by atoms with Crippen LogP contribution in [0.2, 0.25) is 0 Å². The van der Waals surface area contributed by atoms with Crippen LogP contribution in [0.1, 0.15) is 39.3 Å². The van der Waals surface area contributed by atoms with Gasteiger partial charge in [0, 0.05) is 63.4 Å². The fraction of sp³-hybridized carbons (Fsp3) is 0.0857. The van der Waals surface area contributed by atoms with Gasteiger partial charge in [0.25, 0.3) is 11.6 Å². The molecule has 8 N–H and O–H groups in total. The van der Waals surface area contributed by atoms with Crippen molar-refractivity contribution in [3.05, 3.63) is 150 Å². The summed E-state index contributed by atoms with van der Waals surface area (Å²) in [5, 5.41) is 22.5. The molecule has 246 valence electrons. The lowest BCUT2D eigenvalue weighted by Crippen LogP contribution is -2.22. The van der Waals surface area contributed by atoms with Crippen LogP contribution in [0.4, 0.5) is 22.7 Å². The molecule has 13 nitrogen and oxygen atoms in total. The third kappa shape index (κ3) is 8.28. The molecule has 2 aromatic heterocycles. The molecule has 48 heavy (non-hydrogen) atoms. The second-order valence-corrected chi connectivity index (χ2v) is 10.3. The summed E-state index contributed by atoms with van der Waals surface area (Å²) in [6.07, 6.45) is 2.65. The standard InChI is InChI=1S/C17H15N3O2.C10H7NO3.C7H8N2O2.CH4/c1-10-6-7-11(18)8-15(10)20-17(22)13-9-19-14-5-3-2-4-12(14)16(13)21;12-9-6-3-1-2-4-8(6)11-5-7(9)10(13)14;1-5-2-3-6(9(10)11)4-7(5)8;/h2-9H,18H2,1H3,(H,19,21)(H,20,22);1-5H,(H,11,12)(H,13,14);2-4H,8H2,1H3;1H4. The van der Waals surface area contributed by atoms with E-state index in [1.54, 1.807) is 67.6 Å². The Hall–Kier alpha value is -6.76. The number of nitrogen functional groups attached to an aromatic ring is 2. The average Bonchev–Trinajstić information content (AvgIpc) is 3.05. The number of nitro benzene ring substituents is 1. The maximum atomic E-state index is 12.4. The van der Waals surface area contributed by atoms with E-state index in [0.717, 1.165) is 11.1 Å². The van der Waals surface area contributed by atoms with Crippen molar-refractivity contribution in [1.82, 2.24) is 9.97 Å². The van der Waals surface area contributed by atoms with Crippen molar-refractivity contribution in [3.63, 3.8) is 0 Å². The van der Waals surface area contributed by atoms with E-state index in [-0.39, 0.29) is 29.7 Å². The van der Waals surface area contributed by atoms with Crippen molar-refractivity contribution >= 4 is 56.4 Å². The molecule has 0 radical (unpaired) electrons. The molecule has 0 aliphatic rings. The minimum atomic E-state index is -1.21. The number of anilines is 3. The Morgan fingerprint density at radius 1 is 0.771 bits per heavy atom. The van der Waals surface area contributed by atoms with E-state index < -0.39 is 22.2 Å². The molecule has 0 fully saturated rings. The molecule has 13 heteroatoms. The highest BCUT2D eigenvalue weighted by atomic mass is 16.6. The summed E-state index contributed by atoms with van der Waals surface area (Å²) in [5.74, 6) is -1.67. The predicted octanol–water partition coefficient (Wildman–Crippen LogP) is 6.02. The van der Waals surface area contributed by atoms with Gasteiger partial charge in [0.1, 0.15) is 11.1 Å². The van der Waals surface area contributed by atoms with Crippen LogP contribution >= 0.6 is 0 Å². The fourth-order valence-electron chi connectivity index (χ4n) is 4.37. The van der Waals surface area contributed by atoms with Gasteiger partial charge in [-0.25, -0.2) is 4.79 Å². The molecular formula is C35H34N6O7. The van der Waals surface area contributed by atoms with E-state index in [0.29, 0.717) is 38.9 Å². The minimum absolute atomic E-state index is 0. The lowest BCUT2D eigenvalue weighted by Gasteiger charge is -2.09. The molecule has 0 unspecified atom stereocenters. The van der Waals surface area contributed by atoms with Crippen molar-refractivity contribution in [1.29, 1.82) is 0 Å². The predicted molar refractivity (Wildman–Crippen MR) is 189 cm³/mol. The molecule has 0 aliphatic carbocycles. The number of pyridine rings is 2. The fourth-order valence-corrected chi connectivity index (χ4v) is 4.37. The zero-order chi connectivity index (χ0) is 34.2. The van der Waals surface area contributed by atoms with Crippen LogP contribution in [0.15, 0.2) is 107 Å². The van der Waals surface area contributed by atoms with E-state index in [1.165, 1.54) is 24.5 Å². The number of nitrogens with two attached hydrogens (primary N) is 2. The second kappa shape index (κ2) is 15.5. The summed E-state index contributed by atoms with van der Waals surface area (Å²) >= 11 is 0. The van der Waals surface area contributed by atoms with E-state index in [9.17, 15) is 29.3 Å². The number of aromatic amines is 2. The van der Waals surface area contributed by atoms with Crippen LogP contribution in [-0.2, 0) is 0 Å². The number of nitro groups is 1. The Morgan fingerprint density at radius 3 is 1.83 bits per heavy atom. The Balaban J connectivity index is 0.000000208. The Morgan fingerprint density at radius 2 is 1.29 bits per heavy atom. The monoisotopic (exact) mass is 650 g/mol. The number of hydrogen-bond donors (Lipinski definition) is 6. The SMILES string of the molecule is C.Cc1ccc(N)cc1NC(=O)c1c[nH]c2ccccc2c1=O.Cc1ccc([N+](=O)[O-])cc1N.O=C(O)c1c[nH]c2ccccc2c1=O. The van der Waals surface area contributed by atoms with Gasteiger partial charge in [-0.15, -0.1) is 0 Å². The van der Waals surface area contributed by atoms with Crippen molar-refractivity contribution < 1.29 is 19.6 Å². The molecule has 2 heterocycles. The average molecular weight is 651 g/mol. The molecule has 0 spiro atoms. The van der Waals surface area contributed by atoms with Gasteiger partial charge in [-0.3, -0.25) is 24.5 Å². The van der Waals surface area contributed by atoms with E-state index in [4.69, 9.17) is 16.6 Å². The smallest absolute Gasteiger partial charge is 0.341 e. The summed E-state index contributed by atoms with van der Waals surface area (Å²) in [6.45, 7) is 3.67. The first-order valence-corrected chi connectivity index (χ1v) is 14.0.